The lowest BCUT2D eigenvalue weighted by atomic mass is 10.5. The van der Waals surface area contributed by atoms with Crippen molar-refractivity contribution >= 4 is 38.9 Å². The molecule has 74 valence electrons. The van der Waals surface area contributed by atoms with E-state index in [0.717, 1.165) is 0 Å². The van der Waals surface area contributed by atoms with Gasteiger partial charge in [-0.2, -0.15) is 4.98 Å². The van der Waals surface area contributed by atoms with Crippen LogP contribution in [0.3, 0.4) is 0 Å². The van der Waals surface area contributed by atoms with E-state index in [1.54, 1.807) is 7.05 Å². The highest BCUT2D eigenvalue weighted by Crippen LogP contribution is 2.28. The van der Waals surface area contributed by atoms with Crippen molar-refractivity contribution in [3.05, 3.63) is 21.8 Å². The van der Waals surface area contributed by atoms with Gasteiger partial charge >= 0.3 is 0 Å². The van der Waals surface area contributed by atoms with Gasteiger partial charge in [-0.3, -0.25) is 0 Å². The Balaban J connectivity index is 2.88. The minimum atomic E-state index is -0.405. The normalized spacial score (nSPS) is 10.9. The Labute approximate surface area is 92.2 Å². The van der Waals surface area contributed by atoms with Crippen LogP contribution in [0.5, 0.6) is 0 Å². The molecule has 0 saturated carbocycles. The molecule has 2 rings (SSSR count). The molecule has 0 amide bonds. The third-order valence-corrected chi connectivity index (χ3v) is 2.65. The Morgan fingerprint density at radius 3 is 3.00 bits per heavy atom. The van der Waals surface area contributed by atoms with Gasteiger partial charge in [0.25, 0.3) is 0 Å². The number of nitrogens with zero attached hydrogens (tertiary/aromatic N) is 3. The van der Waals surface area contributed by atoms with Crippen LogP contribution in [0.25, 0.3) is 5.52 Å². The van der Waals surface area contributed by atoms with Gasteiger partial charge in [0.2, 0.25) is 5.28 Å². The van der Waals surface area contributed by atoms with Crippen molar-refractivity contribution in [2.45, 2.75) is 0 Å². The summed E-state index contributed by atoms with van der Waals surface area (Å²) in [6, 6.07) is 0. The fraction of sp³-hybridized carbons (Fsp3) is 0.143. The van der Waals surface area contributed by atoms with E-state index in [2.05, 4.69) is 31.3 Å². The summed E-state index contributed by atoms with van der Waals surface area (Å²) in [5.74, 6) is 0.0684. The lowest BCUT2D eigenvalue weighted by molar-refractivity contribution is 0.620. The molecule has 0 fully saturated rings. The van der Waals surface area contributed by atoms with E-state index >= 15 is 0 Å². The fourth-order valence-corrected chi connectivity index (χ4v) is 1.80. The van der Waals surface area contributed by atoms with Gasteiger partial charge in [0.1, 0.15) is 5.52 Å². The molecule has 2 aromatic rings. The summed E-state index contributed by atoms with van der Waals surface area (Å²) < 4.78 is 14.8. The highest BCUT2D eigenvalue weighted by molar-refractivity contribution is 9.10. The minimum Gasteiger partial charge on any atom is -0.371 e. The van der Waals surface area contributed by atoms with E-state index in [9.17, 15) is 4.39 Å². The molecule has 0 radical (unpaired) electrons. The molecule has 2 heterocycles. The Morgan fingerprint density at radius 2 is 2.36 bits per heavy atom. The molecule has 0 bridgehead atoms. The van der Waals surface area contributed by atoms with E-state index in [4.69, 9.17) is 11.6 Å². The Hall–Kier alpha value is -0.880. The molecule has 0 saturated heterocycles. The van der Waals surface area contributed by atoms with Crippen LogP contribution in [0.4, 0.5) is 10.2 Å². The summed E-state index contributed by atoms with van der Waals surface area (Å²) in [6.45, 7) is 0. The van der Waals surface area contributed by atoms with E-state index in [1.165, 1.54) is 10.7 Å². The van der Waals surface area contributed by atoms with Crippen LogP contribution < -0.4 is 5.32 Å². The van der Waals surface area contributed by atoms with Crippen LogP contribution in [0.1, 0.15) is 0 Å². The second kappa shape index (κ2) is 3.36. The van der Waals surface area contributed by atoms with Gasteiger partial charge in [-0.25, -0.2) is 8.91 Å². The number of nitrogens with one attached hydrogen (secondary N) is 1. The first-order chi connectivity index (χ1) is 6.63. The fourth-order valence-electron chi connectivity index (χ4n) is 1.16. The first-order valence-corrected chi connectivity index (χ1v) is 4.88. The number of aromatic nitrogens is 3. The van der Waals surface area contributed by atoms with Gasteiger partial charge in [-0.05, 0) is 27.5 Å². The van der Waals surface area contributed by atoms with Gasteiger partial charge in [-0.1, -0.05) is 0 Å². The maximum absolute atomic E-state index is 13.2. The molecule has 0 unspecified atom stereocenters. The molecule has 4 nitrogen and oxygen atoms in total. The molecule has 7 heteroatoms. The predicted molar refractivity (Wildman–Crippen MR) is 55.2 cm³/mol. The Morgan fingerprint density at radius 1 is 1.64 bits per heavy atom. The third-order valence-electron chi connectivity index (χ3n) is 1.74. The smallest absolute Gasteiger partial charge is 0.243 e. The Kier molecular flexibility index (Phi) is 2.32. The van der Waals surface area contributed by atoms with Crippen molar-refractivity contribution in [1.82, 2.24) is 14.6 Å². The molecule has 0 aliphatic carbocycles. The van der Waals surface area contributed by atoms with Crippen molar-refractivity contribution < 1.29 is 4.39 Å². The highest BCUT2D eigenvalue weighted by Gasteiger charge is 2.14. The van der Waals surface area contributed by atoms with Crippen LogP contribution in [-0.4, -0.2) is 21.6 Å². The van der Waals surface area contributed by atoms with Gasteiger partial charge in [0, 0.05) is 7.05 Å². The molecule has 0 aliphatic rings. The van der Waals surface area contributed by atoms with Crippen molar-refractivity contribution in [3.63, 3.8) is 0 Å². The van der Waals surface area contributed by atoms with Crippen LogP contribution in [-0.2, 0) is 0 Å². The summed E-state index contributed by atoms with van der Waals surface area (Å²) in [6.07, 6.45) is 1.23. The number of rotatable bonds is 1. The number of anilines is 1. The van der Waals surface area contributed by atoms with E-state index in [0.29, 0.717) is 15.8 Å². The predicted octanol–water partition coefficient (Wildman–Crippen LogP) is 2.33. The molecule has 1 N–H and O–H groups in total. The number of hydrogen-bond donors (Lipinski definition) is 1. The second-order valence-electron chi connectivity index (χ2n) is 2.56. The zero-order valence-electron chi connectivity index (χ0n) is 7.05. The minimum absolute atomic E-state index is 0.0596. The van der Waals surface area contributed by atoms with E-state index < -0.39 is 5.82 Å². The largest absolute Gasteiger partial charge is 0.371 e. The summed E-state index contributed by atoms with van der Waals surface area (Å²) in [4.78, 5) is 3.92. The monoisotopic (exact) mass is 278 g/mol. The van der Waals surface area contributed by atoms with Gasteiger partial charge in [0.05, 0.1) is 10.7 Å². The molecule has 0 spiro atoms. The zero-order chi connectivity index (χ0) is 10.3. The maximum atomic E-state index is 13.2. The first-order valence-electron chi connectivity index (χ1n) is 3.71. The summed E-state index contributed by atoms with van der Waals surface area (Å²) in [5.41, 5.74) is 0.523. The molecular formula is C7H5BrClFN4. The molecular weight excluding hydrogens is 274 g/mol. The van der Waals surface area contributed by atoms with Crippen molar-refractivity contribution in [1.29, 1.82) is 0 Å². The summed E-state index contributed by atoms with van der Waals surface area (Å²) in [5, 5.41) is 6.70. The van der Waals surface area contributed by atoms with Gasteiger partial charge in [0.15, 0.2) is 11.6 Å². The average molecular weight is 280 g/mol. The summed E-state index contributed by atoms with van der Waals surface area (Å²) >= 11 is 8.75. The van der Waals surface area contributed by atoms with Crippen molar-refractivity contribution in [2.24, 2.45) is 0 Å². The lowest BCUT2D eigenvalue weighted by Crippen LogP contribution is -2.00. The maximum Gasteiger partial charge on any atom is 0.243 e. The number of hydrogen-bond acceptors (Lipinski definition) is 3. The summed E-state index contributed by atoms with van der Waals surface area (Å²) in [7, 11) is 1.68. The Bertz CT molecular complexity index is 498. The first kappa shape index (κ1) is 9.67. The number of fused-ring (bicyclic) bond motifs is 1. The topological polar surface area (TPSA) is 42.2 Å². The second-order valence-corrected chi connectivity index (χ2v) is 3.69. The average Bonchev–Trinajstić information content (AvgIpc) is 2.41. The SMILES string of the molecule is CNc1nc(Cl)nn2cc(F)c(Br)c12. The van der Waals surface area contributed by atoms with Gasteiger partial charge in [-0.15, -0.1) is 5.10 Å². The van der Waals surface area contributed by atoms with Crippen LogP contribution in [0.2, 0.25) is 5.28 Å². The third kappa shape index (κ3) is 1.34. The van der Waals surface area contributed by atoms with Crippen LogP contribution in [0.15, 0.2) is 10.7 Å². The van der Waals surface area contributed by atoms with E-state index in [-0.39, 0.29) is 5.28 Å². The van der Waals surface area contributed by atoms with Crippen LogP contribution in [0, 0.1) is 5.82 Å². The van der Waals surface area contributed by atoms with Crippen LogP contribution >= 0.6 is 27.5 Å². The molecule has 0 atom stereocenters. The molecule has 14 heavy (non-hydrogen) atoms. The molecule has 0 aromatic carbocycles. The highest BCUT2D eigenvalue weighted by atomic mass is 79.9. The molecule has 0 aliphatic heterocycles. The van der Waals surface area contributed by atoms with E-state index in [1.807, 2.05) is 0 Å². The zero-order valence-corrected chi connectivity index (χ0v) is 9.39. The standard InChI is InChI=1S/C7H5BrClFN4/c1-11-6-5-4(8)3(10)2-14(5)13-7(9)12-6/h2H,1H3,(H,11,12,13). The van der Waals surface area contributed by atoms with Crippen molar-refractivity contribution in [3.8, 4) is 0 Å². The lowest BCUT2D eigenvalue weighted by Gasteiger charge is -2.02. The number of halogens is 3. The van der Waals surface area contributed by atoms with Crippen molar-refractivity contribution in [2.75, 3.05) is 12.4 Å². The quantitative estimate of drug-likeness (QED) is 0.871. The molecule has 2 aromatic heterocycles. The van der Waals surface area contributed by atoms with Gasteiger partial charge < -0.3 is 5.32 Å².